The maximum atomic E-state index is 11.0. The number of phosphoric acid groups is 1. The largest absolute Gasteiger partial charge is 0.470 e. The Morgan fingerprint density at radius 1 is 1.25 bits per heavy atom. The molecule has 0 bridgehead atoms. The molecule has 0 aliphatic heterocycles. The molecule has 0 spiro atoms. The van der Waals surface area contributed by atoms with Gasteiger partial charge in [0.05, 0.1) is 5.60 Å². The fraction of sp³-hybridized carbons (Fsp3) is 0.818. The summed E-state index contributed by atoms with van der Waals surface area (Å²) in [4.78, 5) is 17.8. The van der Waals surface area contributed by atoms with Crippen molar-refractivity contribution in [3.8, 4) is 0 Å². The minimum Gasteiger partial charge on any atom is -0.303 e. The number of phosphoric ester groups is 1. The second kappa shape index (κ2) is 7.23. The van der Waals surface area contributed by atoms with Crippen LogP contribution in [0.5, 0.6) is 0 Å². The van der Waals surface area contributed by atoms with Gasteiger partial charge in [-0.2, -0.15) is 0 Å². The fourth-order valence-electron chi connectivity index (χ4n) is 1.65. The molecule has 0 aliphatic rings. The van der Waals surface area contributed by atoms with E-state index in [-0.39, 0.29) is 0 Å². The Bertz CT molecular complexity index is 238. The van der Waals surface area contributed by atoms with Crippen LogP contribution < -0.4 is 0 Å². The summed E-state index contributed by atoms with van der Waals surface area (Å²) < 4.78 is 15.9. The highest BCUT2D eigenvalue weighted by Crippen LogP contribution is 2.45. The molecule has 0 amide bonds. The molecule has 16 heavy (non-hydrogen) atoms. The molecule has 0 heterocycles. The van der Waals surface area contributed by atoms with Gasteiger partial charge in [-0.05, 0) is 12.8 Å². The average molecular weight is 250 g/mol. The van der Waals surface area contributed by atoms with Gasteiger partial charge in [-0.3, -0.25) is 4.52 Å². The lowest BCUT2D eigenvalue weighted by Crippen LogP contribution is -2.29. The van der Waals surface area contributed by atoms with Gasteiger partial charge in [0.2, 0.25) is 0 Å². The smallest absolute Gasteiger partial charge is 0.303 e. The van der Waals surface area contributed by atoms with Gasteiger partial charge in [-0.25, -0.2) is 4.57 Å². The van der Waals surface area contributed by atoms with Crippen molar-refractivity contribution in [2.24, 2.45) is 0 Å². The van der Waals surface area contributed by atoms with Crippen LogP contribution in [-0.2, 0) is 9.09 Å². The van der Waals surface area contributed by atoms with Crippen molar-refractivity contribution in [1.82, 2.24) is 0 Å². The Hall–Kier alpha value is -0.150. The predicted molar refractivity (Wildman–Crippen MR) is 65.1 cm³/mol. The van der Waals surface area contributed by atoms with E-state index in [1.807, 2.05) is 13.8 Å². The van der Waals surface area contributed by atoms with Crippen molar-refractivity contribution >= 4 is 7.82 Å². The first-order valence-corrected chi connectivity index (χ1v) is 7.32. The molecule has 5 heteroatoms. The molecular weight excluding hydrogens is 227 g/mol. The molecule has 2 N–H and O–H groups in total. The number of unbranched alkanes of at least 4 members (excludes halogenated alkanes) is 2. The molecule has 4 nitrogen and oxygen atoms in total. The van der Waals surface area contributed by atoms with E-state index >= 15 is 0 Å². The maximum Gasteiger partial charge on any atom is 0.470 e. The van der Waals surface area contributed by atoms with Crippen LogP contribution >= 0.6 is 7.82 Å². The Labute approximate surface area is 98.0 Å². The Morgan fingerprint density at radius 2 is 1.69 bits per heavy atom. The van der Waals surface area contributed by atoms with Crippen molar-refractivity contribution in [3.05, 3.63) is 12.7 Å². The fourth-order valence-corrected chi connectivity index (χ4v) is 2.38. The third-order valence-corrected chi connectivity index (χ3v) is 3.18. The summed E-state index contributed by atoms with van der Waals surface area (Å²) in [5.74, 6) is 0. The van der Waals surface area contributed by atoms with Crippen LogP contribution in [0.3, 0.4) is 0 Å². The zero-order chi connectivity index (χ0) is 12.7. The molecule has 0 saturated carbocycles. The molecule has 96 valence electrons. The summed E-state index contributed by atoms with van der Waals surface area (Å²) >= 11 is 0. The van der Waals surface area contributed by atoms with E-state index in [2.05, 4.69) is 6.58 Å². The highest BCUT2D eigenvalue weighted by Gasteiger charge is 2.34. The van der Waals surface area contributed by atoms with Crippen LogP contribution in [0.2, 0.25) is 0 Å². The normalized spacial score (nSPS) is 12.8. The molecule has 0 aromatic rings. The lowest BCUT2D eigenvalue weighted by Gasteiger charge is -2.30. The SMILES string of the molecule is C=CC(CCCC)(CCCC)OP(=O)(O)O. The van der Waals surface area contributed by atoms with Gasteiger partial charge in [-0.15, -0.1) is 6.58 Å². The number of rotatable bonds is 9. The monoisotopic (exact) mass is 250 g/mol. The van der Waals surface area contributed by atoms with E-state index in [0.717, 1.165) is 25.7 Å². The van der Waals surface area contributed by atoms with E-state index in [1.54, 1.807) is 0 Å². The van der Waals surface area contributed by atoms with E-state index in [0.29, 0.717) is 12.8 Å². The van der Waals surface area contributed by atoms with Gasteiger partial charge in [-0.1, -0.05) is 45.6 Å². The van der Waals surface area contributed by atoms with Gasteiger partial charge in [0.25, 0.3) is 0 Å². The van der Waals surface area contributed by atoms with Crippen LogP contribution in [0, 0.1) is 0 Å². The molecule has 0 rings (SSSR count). The topological polar surface area (TPSA) is 66.8 Å². The molecule has 0 saturated heterocycles. The zero-order valence-electron chi connectivity index (χ0n) is 10.2. The molecule has 0 unspecified atom stereocenters. The molecule has 0 aromatic carbocycles. The first-order valence-electron chi connectivity index (χ1n) is 5.79. The van der Waals surface area contributed by atoms with Gasteiger partial charge < -0.3 is 9.79 Å². The lowest BCUT2D eigenvalue weighted by molar-refractivity contribution is 0.0557. The van der Waals surface area contributed by atoms with Crippen LogP contribution in [-0.4, -0.2) is 15.4 Å². The molecule has 0 radical (unpaired) electrons. The lowest BCUT2D eigenvalue weighted by atomic mass is 9.91. The molecule has 0 aliphatic carbocycles. The Balaban J connectivity index is 4.65. The first-order chi connectivity index (χ1) is 7.39. The van der Waals surface area contributed by atoms with E-state index < -0.39 is 13.4 Å². The van der Waals surface area contributed by atoms with E-state index in [9.17, 15) is 4.57 Å². The second-order valence-electron chi connectivity index (χ2n) is 4.06. The summed E-state index contributed by atoms with van der Waals surface area (Å²) in [7, 11) is -4.46. The van der Waals surface area contributed by atoms with Gasteiger partial charge >= 0.3 is 7.82 Å². The van der Waals surface area contributed by atoms with Crippen LogP contribution in [0.4, 0.5) is 0 Å². The summed E-state index contributed by atoms with van der Waals surface area (Å²) in [6.45, 7) is 7.72. The third-order valence-electron chi connectivity index (χ3n) is 2.58. The van der Waals surface area contributed by atoms with Crippen LogP contribution in [0.15, 0.2) is 12.7 Å². The van der Waals surface area contributed by atoms with Crippen molar-refractivity contribution < 1.29 is 18.9 Å². The van der Waals surface area contributed by atoms with Gasteiger partial charge in [0.1, 0.15) is 0 Å². The highest BCUT2D eigenvalue weighted by atomic mass is 31.2. The van der Waals surface area contributed by atoms with E-state index in [1.165, 1.54) is 6.08 Å². The van der Waals surface area contributed by atoms with Gasteiger partial charge in [0, 0.05) is 0 Å². The van der Waals surface area contributed by atoms with Crippen LogP contribution in [0.1, 0.15) is 52.4 Å². The summed E-state index contributed by atoms with van der Waals surface area (Å²) in [5, 5.41) is 0. The minimum absolute atomic E-state index is 0.609. The van der Waals surface area contributed by atoms with Crippen molar-refractivity contribution in [2.45, 2.75) is 58.0 Å². The summed E-state index contributed by atoms with van der Waals surface area (Å²) in [6, 6.07) is 0. The van der Waals surface area contributed by atoms with Gasteiger partial charge in [0.15, 0.2) is 0 Å². The number of hydrogen-bond donors (Lipinski definition) is 2. The first kappa shape index (κ1) is 15.9. The van der Waals surface area contributed by atoms with Crippen molar-refractivity contribution in [2.75, 3.05) is 0 Å². The Morgan fingerprint density at radius 3 is 1.94 bits per heavy atom. The average Bonchev–Trinajstić information content (AvgIpc) is 2.20. The Kier molecular flexibility index (Phi) is 7.16. The third kappa shape index (κ3) is 6.44. The minimum atomic E-state index is -4.46. The van der Waals surface area contributed by atoms with Crippen molar-refractivity contribution in [1.29, 1.82) is 0 Å². The predicted octanol–water partition coefficient (Wildman–Crippen LogP) is 3.40. The quantitative estimate of drug-likeness (QED) is 0.486. The molecule has 0 aromatic heterocycles. The molecule has 0 atom stereocenters. The zero-order valence-corrected chi connectivity index (χ0v) is 11.1. The maximum absolute atomic E-state index is 11.0. The molecular formula is C11H23O4P. The standard InChI is InChI=1S/C11H23O4P/c1-4-7-9-11(6-3,10-8-5-2)15-16(12,13)14/h6H,3-5,7-10H2,1-2H3,(H2,12,13,14). The summed E-state index contributed by atoms with van der Waals surface area (Å²) in [5.41, 5.74) is -0.870. The van der Waals surface area contributed by atoms with Crippen LogP contribution in [0.25, 0.3) is 0 Å². The van der Waals surface area contributed by atoms with E-state index in [4.69, 9.17) is 14.3 Å². The number of hydrogen-bond acceptors (Lipinski definition) is 2. The highest BCUT2D eigenvalue weighted by molar-refractivity contribution is 7.46. The van der Waals surface area contributed by atoms with Crippen molar-refractivity contribution in [3.63, 3.8) is 0 Å². The second-order valence-corrected chi connectivity index (χ2v) is 5.22. The summed E-state index contributed by atoms with van der Waals surface area (Å²) in [6.07, 6.45) is 6.43. The molecule has 0 fully saturated rings.